The minimum Gasteiger partial charge on any atom is -0.481 e. The lowest BCUT2D eigenvalue weighted by molar-refractivity contribution is -0.138. The summed E-state index contributed by atoms with van der Waals surface area (Å²) in [6, 6.07) is 11.8. The molecule has 0 aliphatic carbocycles. The number of carbonyl (C=O) groups is 1. The monoisotopic (exact) mass is 336 g/mol. The molecule has 0 bridgehead atoms. The Kier molecular flexibility index (Phi) is 4.55. The van der Waals surface area contributed by atoms with E-state index in [0.717, 1.165) is 16.7 Å². The van der Waals surface area contributed by atoms with E-state index in [9.17, 15) is 14.3 Å². The van der Waals surface area contributed by atoms with Gasteiger partial charge in [0.05, 0.1) is 5.92 Å². The molecule has 0 radical (unpaired) electrons. The van der Waals surface area contributed by atoms with Crippen LogP contribution < -0.4 is 0 Å². The lowest BCUT2D eigenvalue weighted by atomic mass is 9.91. The van der Waals surface area contributed by atoms with Crippen LogP contribution in [0, 0.1) is 12.7 Å². The van der Waals surface area contributed by atoms with E-state index in [1.54, 1.807) is 6.07 Å². The first kappa shape index (κ1) is 14.7. The quantitative estimate of drug-likeness (QED) is 0.903. The van der Waals surface area contributed by atoms with Crippen molar-refractivity contribution in [3.63, 3.8) is 0 Å². The van der Waals surface area contributed by atoms with Gasteiger partial charge in [-0.1, -0.05) is 51.8 Å². The lowest BCUT2D eigenvalue weighted by Gasteiger charge is -2.14. The van der Waals surface area contributed by atoms with Crippen molar-refractivity contribution in [2.75, 3.05) is 0 Å². The number of rotatable bonds is 4. The van der Waals surface area contributed by atoms with Gasteiger partial charge in [0.15, 0.2) is 0 Å². The maximum Gasteiger partial charge on any atom is 0.311 e. The van der Waals surface area contributed by atoms with Crippen LogP contribution in [0.25, 0.3) is 0 Å². The van der Waals surface area contributed by atoms with E-state index in [2.05, 4.69) is 15.9 Å². The summed E-state index contributed by atoms with van der Waals surface area (Å²) in [7, 11) is 0. The number of benzene rings is 2. The second kappa shape index (κ2) is 6.18. The van der Waals surface area contributed by atoms with Gasteiger partial charge in [-0.2, -0.15) is 0 Å². The van der Waals surface area contributed by atoms with Crippen LogP contribution in [0.3, 0.4) is 0 Å². The van der Waals surface area contributed by atoms with Crippen LogP contribution in [0.2, 0.25) is 0 Å². The molecule has 0 amide bonds. The Morgan fingerprint density at radius 3 is 2.65 bits per heavy atom. The van der Waals surface area contributed by atoms with Crippen molar-refractivity contribution in [3.8, 4) is 0 Å². The molecule has 0 aliphatic heterocycles. The maximum atomic E-state index is 13.1. The number of aliphatic carboxylic acids is 1. The molecular formula is C16H14BrFO2. The fourth-order valence-corrected chi connectivity index (χ4v) is 2.65. The van der Waals surface area contributed by atoms with Crippen LogP contribution in [-0.2, 0) is 11.2 Å². The Bertz CT molecular complexity index is 640. The zero-order valence-electron chi connectivity index (χ0n) is 10.9. The van der Waals surface area contributed by atoms with Crippen molar-refractivity contribution in [3.05, 3.63) is 69.4 Å². The number of aryl methyl sites for hydroxylation is 1. The molecule has 1 N–H and O–H groups in total. The third-order valence-corrected chi connectivity index (χ3v) is 3.92. The molecule has 0 spiro atoms. The molecule has 0 saturated carbocycles. The molecule has 2 rings (SSSR count). The van der Waals surface area contributed by atoms with Gasteiger partial charge in [0.1, 0.15) is 5.82 Å². The van der Waals surface area contributed by atoms with Gasteiger partial charge < -0.3 is 5.11 Å². The Morgan fingerprint density at radius 1 is 1.30 bits per heavy atom. The molecule has 0 saturated heterocycles. The molecule has 1 unspecified atom stereocenters. The molecule has 0 fully saturated rings. The van der Waals surface area contributed by atoms with E-state index >= 15 is 0 Å². The number of carboxylic acid groups (broad SMARTS) is 1. The summed E-state index contributed by atoms with van der Waals surface area (Å²) in [5.41, 5.74) is 2.56. The van der Waals surface area contributed by atoms with Crippen LogP contribution in [0.4, 0.5) is 4.39 Å². The van der Waals surface area contributed by atoms with Gasteiger partial charge in [-0.15, -0.1) is 0 Å². The van der Waals surface area contributed by atoms with Crippen LogP contribution in [-0.4, -0.2) is 11.1 Å². The van der Waals surface area contributed by atoms with Gasteiger partial charge in [0.25, 0.3) is 0 Å². The molecule has 20 heavy (non-hydrogen) atoms. The molecule has 0 heterocycles. The second-order valence-corrected chi connectivity index (χ2v) is 5.60. The van der Waals surface area contributed by atoms with Gasteiger partial charge in [0, 0.05) is 4.47 Å². The highest BCUT2D eigenvalue weighted by Crippen LogP contribution is 2.27. The fraction of sp³-hybridized carbons (Fsp3) is 0.188. The molecule has 104 valence electrons. The van der Waals surface area contributed by atoms with Crippen LogP contribution in [0.1, 0.15) is 22.6 Å². The van der Waals surface area contributed by atoms with E-state index in [1.165, 1.54) is 12.1 Å². The second-order valence-electron chi connectivity index (χ2n) is 4.74. The number of hydrogen-bond acceptors (Lipinski definition) is 1. The van der Waals surface area contributed by atoms with Crippen LogP contribution in [0.15, 0.2) is 46.9 Å². The van der Waals surface area contributed by atoms with E-state index in [1.807, 2.05) is 31.2 Å². The first-order valence-corrected chi connectivity index (χ1v) is 7.00. The molecule has 2 aromatic carbocycles. The van der Waals surface area contributed by atoms with Crippen molar-refractivity contribution < 1.29 is 14.3 Å². The number of hydrogen-bond donors (Lipinski definition) is 1. The summed E-state index contributed by atoms with van der Waals surface area (Å²) in [5.74, 6) is -1.87. The average molecular weight is 337 g/mol. The summed E-state index contributed by atoms with van der Waals surface area (Å²) in [6.45, 7) is 1.93. The maximum absolute atomic E-state index is 13.1. The van der Waals surface area contributed by atoms with E-state index in [-0.39, 0.29) is 5.82 Å². The topological polar surface area (TPSA) is 37.3 Å². The summed E-state index contributed by atoms with van der Waals surface area (Å²) in [5, 5.41) is 9.43. The van der Waals surface area contributed by atoms with Crippen molar-refractivity contribution in [2.45, 2.75) is 19.3 Å². The van der Waals surface area contributed by atoms with E-state index < -0.39 is 11.9 Å². The molecule has 0 aromatic heterocycles. The lowest BCUT2D eigenvalue weighted by Crippen LogP contribution is -2.15. The van der Waals surface area contributed by atoms with Crippen LogP contribution >= 0.6 is 15.9 Å². The Hall–Kier alpha value is -1.68. The molecule has 2 nitrogen and oxygen atoms in total. The highest BCUT2D eigenvalue weighted by Gasteiger charge is 2.21. The predicted octanol–water partition coefficient (Wildman–Crippen LogP) is 4.31. The number of carboxylic acids is 1. The Balaban J connectivity index is 2.33. The molecule has 2 aromatic rings. The van der Waals surface area contributed by atoms with Crippen molar-refractivity contribution in [1.29, 1.82) is 0 Å². The van der Waals surface area contributed by atoms with Gasteiger partial charge in [-0.3, -0.25) is 4.79 Å². The van der Waals surface area contributed by atoms with Gasteiger partial charge >= 0.3 is 5.97 Å². The molecule has 4 heteroatoms. The Morgan fingerprint density at radius 2 is 2.05 bits per heavy atom. The summed E-state index contributed by atoms with van der Waals surface area (Å²) in [6.07, 6.45) is 0.319. The summed E-state index contributed by atoms with van der Waals surface area (Å²) in [4.78, 5) is 11.5. The van der Waals surface area contributed by atoms with Gasteiger partial charge in [0.2, 0.25) is 0 Å². The minimum atomic E-state index is -0.883. The largest absolute Gasteiger partial charge is 0.481 e. The first-order valence-electron chi connectivity index (χ1n) is 6.20. The fourth-order valence-electron chi connectivity index (χ4n) is 2.14. The first-order chi connectivity index (χ1) is 9.47. The standard InChI is InChI=1S/C16H14BrFO2/c1-10-3-2-4-11(7-10)14(16(19)20)8-12-5-6-13(18)9-15(12)17/h2-7,9,14H,8H2,1H3,(H,19,20). The van der Waals surface area contributed by atoms with Crippen molar-refractivity contribution in [1.82, 2.24) is 0 Å². The zero-order chi connectivity index (χ0) is 14.7. The van der Waals surface area contributed by atoms with Gasteiger partial charge in [-0.05, 0) is 36.6 Å². The highest BCUT2D eigenvalue weighted by atomic mass is 79.9. The average Bonchev–Trinajstić information content (AvgIpc) is 2.37. The van der Waals surface area contributed by atoms with Crippen molar-refractivity contribution in [2.24, 2.45) is 0 Å². The number of halogens is 2. The summed E-state index contributed by atoms with van der Waals surface area (Å²) < 4.78 is 13.7. The van der Waals surface area contributed by atoms with E-state index in [0.29, 0.717) is 10.9 Å². The van der Waals surface area contributed by atoms with Crippen molar-refractivity contribution >= 4 is 21.9 Å². The normalized spacial score (nSPS) is 12.2. The Labute approximate surface area is 125 Å². The van der Waals surface area contributed by atoms with E-state index in [4.69, 9.17) is 0 Å². The summed E-state index contributed by atoms with van der Waals surface area (Å²) >= 11 is 3.28. The molecule has 0 aliphatic rings. The zero-order valence-corrected chi connectivity index (χ0v) is 12.5. The highest BCUT2D eigenvalue weighted by molar-refractivity contribution is 9.10. The molecular weight excluding hydrogens is 323 g/mol. The van der Waals surface area contributed by atoms with Crippen LogP contribution in [0.5, 0.6) is 0 Å². The third-order valence-electron chi connectivity index (χ3n) is 3.18. The predicted molar refractivity (Wildman–Crippen MR) is 79.4 cm³/mol. The van der Waals surface area contributed by atoms with Gasteiger partial charge in [-0.25, -0.2) is 4.39 Å². The molecule has 1 atom stereocenters. The smallest absolute Gasteiger partial charge is 0.311 e. The SMILES string of the molecule is Cc1cccc(C(Cc2ccc(F)cc2Br)C(=O)O)c1. The third kappa shape index (κ3) is 3.45. The minimum absolute atomic E-state index is 0.319.